The topological polar surface area (TPSA) is 98.5 Å². The third-order valence-corrected chi connectivity index (χ3v) is 5.70. The lowest BCUT2D eigenvalue weighted by Crippen LogP contribution is -2.39. The fraction of sp³-hybridized carbons (Fsp3) is 0.417. The van der Waals surface area contributed by atoms with Gasteiger partial charge in [-0.15, -0.1) is 0 Å². The molecule has 116 valence electrons. The van der Waals surface area contributed by atoms with Gasteiger partial charge in [-0.05, 0) is 40.9 Å². The van der Waals surface area contributed by atoms with Crippen molar-refractivity contribution in [3.63, 3.8) is 0 Å². The SMILES string of the molecule is NS(=O)(=O)c1cc(C(=O)NC2CCOCC2)cc(Cl)c1Br. The Morgan fingerprint density at radius 3 is 2.57 bits per heavy atom. The van der Waals surface area contributed by atoms with Crippen LogP contribution in [0.5, 0.6) is 0 Å². The van der Waals surface area contributed by atoms with Crippen molar-refractivity contribution < 1.29 is 17.9 Å². The Morgan fingerprint density at radius 2 is 2.00 bits per heavy atom. The maximum Gasteiger partial charge on any atom is 0.251 e. The Hall–Kier alpha value is -0.670. The zero-order chi connectivity index (χ0) is 15.6. The van der Waals surface area contributed by atoms with E-state index in [-0.39, 0.29) is 31.9 Å². The summed E-state index contributed by atoms with van der Waals surface area (Å²) in [6.45, 7) is 1.18. The van der Waals surface area contributed by atoms with Crippen LogP contribution in [0, 0.1) is 0 Å². The molecule has 2 rings (SSSR count). The summed E-state index contributed by atoms with van der Waals surface area (Å²) in [7, 11) is -3.98. The van der Waals surface area contributed by atoms with Crippen LogP contribution in [0.3, 0.4) is 0 Å². The lowest BCUT2D eigenvalue weighted by Gasteiger charge is -2.23. The smallest absolute Gasteiger partial charge is 0.251 e. The highest BCUT2D eigenvalue weighted by molar-refractivity contribution is 9.10. The van der Waals surface area contributed by atoms with Gasteiger partial charge in [-0.1, -0.05) is 11.6 Å². The number of amides is 1. The van der Waals surface area contributed by atoms with E-state index in [2.05, 4.69) is 21.2 Å². The average molecular weight is 398 g/mol. The van der Waals surface area contributed by atoms with Crippen molar-refractivity contribution in [3.8, 4) is 0 Å². The predicted octanol–water partition coefficient (Wildman–Crippen LogP) is 1.66. The van der Waals surface area contributed by atoms with Crippen molar-refractivity contribution in [2.45, 2.75) is 23.8 Å². The van der Waals surface area contributed by atoms with E-state index in [1.165, 1.54) is 12.1 Å². The minimum absolute atomic E-state index is 0.00612. The van der Waals surface area contributed by atoms with E-state index >= 15 is 0 Å². The van der Waals surface area contributed by atoms with E-state index in [9.17, 15) is 13.2 Å². The molecule has 3 N–H and O–H groups in total. The summed E-state index contributed by atoms with van der Waals surface area (Å²) in [6.07, 6.45) is 1.44. The zero-order valence-electron chi connectivity index (χ0n) is 10.9. The van der Waals surface area contributed by atoms with Crippen molar-refractivity contribution in [2.24, 2.45) is 5.14 Å². The number of primary sulfonamides is 1. The number of rotatable bonds is 3. The summed E-state index contributed by atoms with van der Waals surface area (Å²) in [5, 5.41) is 8.06. The highest BCUT2D eigenvalue weighted by Gasteiger charge is 2.21. The van der Waals surface area contributed by atoms with Gasteiger partial charge in [0, 0.05) is 24.8 Å². The van der Waals surface area contributed by atoms with Crippen molar-refractivity contribution in [2.75, 3.05) is 13.2 Å². The zero-order valence-corrected chi connectivity index (χ0v) is 14.1. The first kappa shape index (κ1) is 16.7. The Labute approximate surface area is 136 Å². The first-order valence-electron chi connectivity index (χ1n) is 6.19. The quantitative estimate of drug-likeness (QED) is 0.810. The van der Waals surface area contributed by atoms with Crippen LogP contribution < -0.4 is 10.5 Å². The van der Waals surface area contributed by atoms with Gasteiger partial charge in [0.25, 0.3) is 5.91 Å². The molecule has 0 aliphatic carbocycles. The number of benzene rings is 1. The van der Waals surface area contributed by atoms with Crippen molar-refractivity contribution >= 4 is 43.5 Å². The van der Waals surface area contributed by atoms with Gasteiger partial charge in [-0.3, -0.25) is 4.79 Å². The maximum atomic E-state index is 12.2. The number of ether oxygens (including phenoxy) is 1. The third kappa shape index (κ3) is 4.17. The van der Waals surface area contributed by atoms with Crippen LogP contribution in [0.2, 0.25) is 5.02 Å². The van der Waals surface area contributed by atoms with Gasteiger partial charge in [0.2, 0.25) is 10.0 Å². The molecule has 0 saturated carbocycles. The van der Waals surface area contributed by atoms with E-state index in [4.69, 9.17) is 21.5 Å². The Kier molecular flexibility index (Phi) is 5.26. The molecule has 1 aliphatic heterocycles. The number of halogens is 2. The van der Waals surface area contributed by atoms with Crippen molar-refractivity contribution in [3.05, 3.63) is 27.2 Å². The first-order valence-corrected chi connectivity index (χ1v) is 8.91. The number of nitrogens with one attached hydrogen (secondary N) is 1. The molecule has 1 aliphatic rings. The van der Waals surface area contributed by atoms with E-state index in [1.54, 1.807) is 0 Å². The van der Waals surface area contributed by atoms with E-state index in [1.807, 2.05) is 0 Å². The van der Waals surface area contributed by atoms with Crippen molar-refractivity contribution in [1.82, 2.24) is 5.32 Å². The Morgan fingerprint density at radius 1 is 1.38 bits per heavy atom. The fourth-order valence-electron chi connectivity index (χ4n) is 2.01. The van der Waals surface area contributed by atoms with Gasteiger partial charge >= 0.3 is 0 Å². The number of carbonyl (C=O) groups is 1. The van der Waals surface area contributed by atoms with E-state index in [0.29, 0.717) is 13.2 Å². The van der Waals surface area contributed by atoms with Gasteiger partial charge in [0.05, 0.1) is 14.4 Å². The lowest BCUT2D eigenvalue weighted by atomic mass is 10.1. The fourth-order valence-corrected chi connectivity index (χ4v) is 3.84. The Balaban J connectivity index is 2.27. The largest absolute Gasteiger partial charge is 0.381 e. The van der Waals surface area contributed by atoms with Crippen LogP contribution in [-0.4, -0.2) is 33.6 Å². The molecule has 9 heteroatoms. The van der Waals surface area contributed by atoms with Crippen LogP contribution in [0.4, 0.5) is 0 Å². The third-order valence-electron chi connectivity index (χ3n) is 3.12. The minimum atomic E-state index is -3.98. The molecule has 0 spiro atoms. The van der Waals surface area contributed by atoms with Gasteiger partial charge in [0.15, 0.2) is 0 Å². The predicted molar refractivity (Wildman–Crippen MR) is 81.8 cm³/mol. The molecule has 1 amide bonds. The number of hydrogen-bond donors (Lipinski definition) is 2. The molecule has 1 aromatic rings. The number of hydrogen-bond acceptors (Lipinski definition) is 4. The lowest BCUT2D eigenvalue weighted by molar-refractivity contribution is 0.0696. The Bertz CT molecular complexity index is 659. The number of nitrogens with two attached hydrogens (primary N) is 1. The molecule has 1 fully saturated rings. The monoisotopic (exact) mass is 396 g/mol. The molecule has 6 nitrogen and oxygen atoms in total. The first-order chi connectivity index (χ1) is 9.79. The molecule has 1 aromatic carbocycles. The summed E-state index contributed by atoms with van der Waals surface area (Å²) in [4.78, 5) is 12.0. The molecule has 1 heterocycles. The second-order valence-electron chi connectivity index (χ2n) is 4.68. The molecule has 0 atom stereocenters. The minimum Gasteiger partial charge on any atom is -0.381 e. The summed E-state index contributed by atoms with van der Waals surface area (Å²) in [6, 6.07) is 2.61. The van der Waals surface area contributed by atoms with Crippen LogP contribution in [0.1, 0.15) is 23.2 Å². The molecule has 0 radical (unpaired) electrons. The van der Waals surface area contributed by atoms with Gasteiger partial charge in [0.1, 0.15) is 0 Å². The van der Waals surface area contributed by atoms with Crippen molar-refractivity contribution in [1.29, 1.82) is 0 Å². The van der Waals surface area contributed by atoms with E-state index < -0.39 is 10.0 Å². The van der Waals surface area contributed by atoms with Crippen LogP contribution in [-0.2, 0) is 14.8 Å². The second kappa shape index (κ2) is 6.62. The molecule has 21 heavy (non-hydrogen) atoms. The molecule has 0 unspecified atom stereocenters. The van der Waals surface area contributed by atoms with Crippen LogP contribution >= 0.6 is 27.5 Å². The number of carbonyl (C=O) groups excluding carboxylic acids is 1. The summed E-state index contributed by atoms with van der Waals surface area (Å²) in [5.41, 5.74) is 0.152. The average Bonchev–Trinajstić information content (AvgIpc) is 2.41. The molecule has 0 bridgehead atoms. The van der Waals surface area contributed by atoms with Gasteiger partial charge in [-0.25, -0.2) is 13.6 Å². The molecular weight excluding hydrogens is 384 g/mol. The molecule has 1 saturated heterocycles. The summed E-state index contributed by atoms with van der Waals surface area (Å²) >= 11 is 9.00. The highest BCUT2D eigenvalue weighted by Crippen LogP contribution is 2.30. The standard InChI is InChI=1S/C12H14BrClN2O4S/c13-11-9(14)5-7(6-10(11)21(15,18)19)12(17)16-8-1-3-20-4-2-8/h5-6,8H,1-4H2,(H,16,17)(H2,15,18,19). The molecular formula is C12H14BrClN2O4S. The molecule has 0 aromatic heterocycles. The van der Waals surface area contributed by atoms with Crippen LogP contribution in [0.25, 0.3) is 0 Å². The maximum absolute atomic E-state index is 12.2. The second-order valence-corrected chi connectivity index (χ2v) is 7.41. The normalized spacial score (nSPS) is 16.7. The highest BCUT2D eigenvalue weighted by atomic mass is 79.9. The summed E-state index contributed by atoms with van der Waals surface area (Å²) < 4.78 is 28.4. The van der Waals surface area contributed by atoms with Gasteiger partial charge in [-0.2, -0.15) is 0 Å². The van der Waals surface area contributed by atoms with Crippen LogP contribution in [0.15, 0.2) is 21.5 Å². The summed E-state index contributed by atoms with van der Waals surface area (Å²) in [5.74, 6) is -0.388. The number of sulfonamides is 1. The van der Waals surface area contributed by atoms with E-state index in [0.717, 1.165) is 12.8 Å². The van der Waals surface area contributed by atoms with Gasteiger partial charge < -0.3 is 10.1 Å².